The second-order valence-corrected chi connectivity index (χ2v) is 11.0. The lowest BCUT2D eigenvalue weighted by molar-refractivity contribution is 0.193. The molecule has 6 rings (SSSR count). The van der Waals surface area contributed by atoms with Crippen molar-refractivity contribution in [3.8, 4) is 11.3 Å². The van der Waals surface area contributed by atoms with E-state index in [1.54, 1.807) is 0 Å². The van der Waals surface area contributed by atoms with E-state index in [-0.39, 0.29) is 6.03 Å². The smallest absolute Gasteiger partial charge is 0.317 e. The number of unbranched alkanes of at least 4 members (excludes halogenated alkanes) is 1. The first kappa shape index (κ1) is 25.6. The van der Waals surface area contributed by atoms with Crippen molar-refractivity contribution >= 4 is 33.7 Å². The number of benzene rings is 2. The third-order valence-electron chi connectivity index (χ3n) is 8.16. The molecule has 8 heteroatoms. The molecule has 204 valence electrons. The van der Waals surface area contributed by atoms with E-state index in [1.807, 2.05) is 4.90 Å². The van der Waals surface area contributed by atoms with Gasteiger partial charge in [-0.3, -0.25) is 0 Å². The highest BCUT2D eigenvalue weighted by atomic mass is 16.5. The van der Waals surface area contributed by atoms with Crippen molar-refractivity contribution in [2.24, 2.45) is 0 Å². The Morgan fingerprint density at radius 1 is 0.974 bits per heavy atom. The number of hydrogen-bond donors (Lipinski definition) is 1. The molecular formula is C31H38N6O2. The summed E-state index contributed by atoms with van der Waals surface area (Å²) in [6, 6.07) is 15.1. The number of carbonyl (C=O) groups excluding carboxylic acids is 1. The van der Waals surface area contributed by atoms with Crippen LogP contribution in [0, 0.1) is 0 Å². The molecule has 8 nitrogen and oxygen atoms in total. The summed E-state index contributed by atoms with van der Waals surface area (Å²) in [5.41, 5.74) is 2.29. The molecule has 2 amide bonds. The van der Waals surface area contributed by atoms with Crippen LogP contribution in [0.15, 0.2) is 47.0 Å². The van der Waals surface area contributed by atoms with Crippen LogP contribution in [0.1, 0.15) is 64.1 Å². The van der Waals surface area contributed by atoms with Gasteiger partial charge < -0.3 is 19.6 Å². The fourth-order valence-corrected chi connectivity index (χ4v) is 5.93. The van der Waals surface area contributed by atoms with Gasteiger partial charge in [-0.05, 0) is 42.5 Å². The molecule has 2 fully saturated rings. The Hall–Kier alpha value is -3.68. The minimum Gasteiger partial charge on any atom is -0.354 e. The maximum atomic E-state index is 13.1. The van der Waals surface area contributed by atoms with E-state index in [9.17, 15) is 4.79 Å². The molecule has 0 atom stereocenters. The number of anilines is 1. The Labute approximate surface area is 229 Å². The number of amides is 2. The van der Waals surface area contributed by atoms with Crippen molar-refractivity contribution in [3.63, 3.8) is 0 Å². The van der Waals surface area contributed by atoms with Crippen LogP contribution in [0.5, 0.6) is 0 Å². The molecule has 0 bridgehead atoms. The van der Waals surface area contributed by atoms with Crippen molar-refractivity contribution in [2.75, 3.05) is 31.1 Å². The Bertz CT molecular complexity index is 1440. The minimum atomic E-state index is 0.0713. The van der Waals surface area contributed by atoms with Crippen LogP contribution in [0.4, 0.5) is 10.6 Å². The quantitative estimate of drug-likeness (QED) is 0.316. The molecule has 1 saturated carbocycles. The highest BCUT2D eigenvalue weighted by Crippen LogP contribution is 2.35. The average molecular weight is 527 g/mol. The predicted octanol–water partition coefficient (Wildman–Crippen LogP) is 6.34. The van der Waals surface area contributed by atoms with Gasteiger partial charge in [-0.15, -0.1) is 0 Å². The highest BCUT2D eigenvalue weighted by Gasteiger charge is 2.27. The normalized spacial score (nSPS) is 17.1. The summed E-state index contributed by atoms with van der Waals surface area (Å²) in [5, 5.41) is 11.0. The molecular weight excluding hydrogens is 488 g/mol. The van der Waals surface area contributed by atoms with Gasteiger partial charge in [-0.25, -0.2) is 9.78 Å². The van der Waals surface area contributed by atoms with Gasteiger partial charge in [0.05, 0.1) is 0 Å². The molecule has 2 aromatic heterocycles. The second kappa shape index (κ2) is 11.6. The second-order valence-electron chi connectivity index (χ2n) is 11.0. The number of nitrogens with zero attached hydrogens (tertiary/aromatic N) is 5. The van der Waals surface area contributed by atoms with Crippen molar-refractivity contribution < 1.29 is 9.32 Å². The molecule has 1 aliphatic heterocycles. The van der Waals surface area contributed by atoms with E-state index in [1.165, 1.54) is 24.6 Å². The number of fused-ring (bicyclic) bond motifs is 2. The maximum absolute atomic E-state index is 13.1. The van der Waals surface area contributed by atoms with Gasteiger partial charge in [0, 0.05) is 44.2 Å². The first-order valence-corrected chi connectivity index (χ1v) is 14.7. The average Bonchev–Trinajstić information content (AvgIpc) is 3.24. The fraction of sp³-hybridized carbons (Fsp3) is 0.484. The van der Waals surface area contributed by atoms with Crippen LogP contribution >= 0.6 is 0 Å². The topological polar surface area (TPSA) is 87.4 Å². The lowest BCUT2D eigenvalue weighted by atomic mass is 9.96. The number of aryl methyl sites for hydroxylation is 1. The van der Waals surface area contributed by atoms with Gasteiger partial charge in [0.25, 0.3) is 5.71 Å². The number of hydrogen-bond acceptors (Lipinski definition) is 6. The Morgan fingerprint density at radius 3 is 2.67 bits per heavy atom. The molecule has 1 saturated heterocycles. The van der Waals surface area contributed by atoms with Gasteiger partial charge >= 0.3 is 6.03 Å². The number of rotatable bonds is 6. The first-order valence-electron chi connectivity index (χ1n) is 14.7. The summed E-state index contributed by atoms with van der Waals surface area (Å²) in [7, 11) is 0. The third kappa shape index (κ3) is 5.56. The zero-order valence-corrected chi connectivity index (χ0v) is 22.9. The fourth-order valence-electron chi connectivity index (χ4n) is 5.93. The summed E-state index contributed by atoms with van der Waals surface area (Å²) >= 11 is 0. The summed E-state index contributed by atoms with van der Waals surface area (Å²) in [4.78, 5) is 27.2. The lowest BCUT2D eigenvalue weighted by Gasteiger charge is -2.28. The summed E-state index contributed by atoms with van der Waals surface area (Å²) in [6.45, 7) is 5.10. The SMILES string of the molecule is CCCCc1nc(N2CCCN(C(=O)NC3CCCCC3)CC2)c2c(-c3ccc4ccccc4c3)noc2n1. The molecule has 0 spiro atoms. The first-order chi connectivity index (χ1) is 19.2. The number of carbonyl (C=O) groups is 1. The molecule has 1 N–H and O–H groups in total. The van der Waals surface area contributed by atoms with Gasteiger partial charge in [-0.2, -0.15) is 4.98 Å². The van der Waals surface area contributed by atoms with Crippen molar-refractivity contribution in [1.29, 1.82) is 0 Å². The van der Waals surface area contributed by atoms with Gasteiger partial charge in [0.2, 0.25) is 0 Å². The van der Waals surface area contributed by atoms with Crippen molar-refractivity contribution in [2.45, 2.75) is 70.8 Å². The summed E-state index contributed by atoms with van der Waals surface area (Å²) in [5.74, 6) is 1.65. The standard InChI is InChI=1S/C31H38N6O2/c1-2-3-14-26-33-29(36-17-9-18-37(20-19-36)31(38)32-25-12-5-4-6-13-25)27-28(35-39-30(27)34-26)24-16-15-22-10-7-8-11-23(22)21-24/h7-8,10-11,15-16,21,25H,2-6,9,12-14,17-20H2,1H3,(H,32,38). The Kier molecular flexibility index (Phi) is 7.61. The molecule has 3 heterocycles. The molecule has 2 aromatic carbocycles. The molecule has 39 heavy (non-hydrogen) atoms. The lowest BCUT2D eigenvalue weighted by Crippen LogP contribution is -2.46. The maximum Gasteiger partial charge on any atom is 0.317 e. The van der Waals surface area contributed by atoms with Gasteiger partial charge in [-0.1, -0.05) is 74.2 Å². The molecule has 0 radical (unpaired) electrons. The van der Waals surface area contributed by atoms with E-state index < -0.39 is 0 Å². The van der Waals surface area contributed by atoms with Crippen LogP contribution in [0.25, 0.3) is 33.1 Å². The van der Waals surface area contributed by atoms with Crippen LogP contribution < -0.4 is 10.2 Å². The zero-order chi connectivity index (χ0) is 26.6. The largest absolute Gasteiger partial charge is 0.354 e. The molecule has 0 unspecified atom stereocenters. The minimum absolute atomic E-state index is 0.0713. The Balaban J connectivity index is 1.31. The highest BCUT2D eigenvalue weighted by molar-refractivity contribution is 6.00. The van der Waals surface area contributed by atoms with E-state index in [4.69, 9.17) is 14.5 Å². The van der Waals surface area contributed by atoms with E-state index >= 15 is 0 Å². The third-order valence-corrected chi connectivity index (χ3v) is 8.16. The molecule has 1 aliphatic carbocycles. The van der Waals surface area contributed by atoms with E-state index in [0.717, 1.165) is 85.3 Å². The Morgan fingerprint density at radius 2 is 1.82 bits per heavy atom. The van der Waals surface area contributed by atoms with Gasteiger partial charge in [0.1, 0.15) is 22.7 Å². The molecule has 4 aromatic rings. The van der Waals surface area contributed by atoms with Crippen LogP contribution in [0.2, 0.25) is 0 Å². The number of nitrogens with one attached hydrogen (secondary N) is 1. The van der Waals surface area contributed by atoms with Crippen LogP contribution in [-0.2, 0) is 6.42 Å². The van der Waals surface area contributed by atoms with E-state index in [0.29, 0.717) is 24.8 Å². The van der Waals surface area contributed by atoms with Crippen LogP contribution in [-0.4, -0.2) is 58.3 Å². The van der Waals surface area contributed by atoms with Crippen molar-refractivity contribution in [3.05, 3.63) is 48.3 Å². The summed E-state index contributed by atoms with van der Waals surface area (Å²) < 4.78 is 5.84. The molecule has 2 aliphatic rings. The van der Waals surface area contributed by atoms with E-state index in [2.05, 4.69) is 64.8 Å². The van der Waals surface area contributed by atoms with Crippen molar-refractivity contribution in [1.82, 2.24) is 25.3 Å². The number of urea groups is 1. The predicted molar refractivity (Wildman–Crippen MR) is 155 cm³/mol. The summed E-state index contributed by atoms with van der Waals surface area (Å²) in [6.07, 6.45) is 9.66. The monoisotopic (exact) mass is 526 g/mol. The van der Waals surface area contributed by atoms with Crippen LogP contribution in [0.3, 0.4) is 0 Å². The number of aromatic nitrogens is 3. The van der Waals surface area contributed by atoms with Gasteiger partial charge in [0.15, 0.2) is 0 Å². The zero-order valence-electron chi connectivity index (χ0n) is 22.9.